The Morgan fingerprint density at radius 2 is 1.92 bits per heavy atom. The summed E-state index contributed by atoms with van der Waals surface area (Å²) in [5, 5.41) is 13.7. The van der Waals surface area contributed by atoms with Gasteiger partial charge in [-0.15, -0.1) is 0 Å². The van der Waals surface area contributed by atoms with Crippen LogP contribution in [0.1, 0.15) is 15.9 Å². The molecule has 2 rings (SSSR count). The Morgan fingerprint density at radius 1 is 1.15 bits per heavy atom. The lowest BCUT2D eigenvalue weighted by atomic mass is 10.2. The standard InChI is InChI=1S/C19H18FN3O2S/c20-16-8-4-7-15(11-16)18(24)23-17(19(25)22-10-9-21)13-26-12-14-5-2-1-3-6-14/h1-8,11,17H,10,12-13H2,(H,22,25)(H,23,24). The Hall–Kier alpha value is -2.85. The molecule has 5 nitrogen and oxygen atoms in total. The van der Waals surface area contributed by atoms with E-state index in [9.17, 15) is 14.0 Å². The first-order valence-corrected chi connectivity index (χ1v) is 9.08. The highest BCUT2D eigenvalue weighted by molar-refractivity contribution is 7.98. The van der Waals surface area contributed by atoms with Crippen LogP contribution < -0.4 is 10.6 Å². The third-order valence-electron chi connectivity index (χ3n) is 3.45. The second kappa shape index (κ2) is 10.2. The molecule has 1 unspecified atom stereocenters. The minimum atomic E-state index is -0.826. The van der Waals surface area contributed by atoms with Crippen LogP contribution in [0.3, 0.4) is 0 Å². The fraction of sp³-hybridized carbons (Fsp3) is 0.211. The quantitative estimate of drug-likeness (QED) is 0.699. The van der Waals surface area contributed by atoms with Crippen LogP contribution in [0, 0.1) is 17.1 Å². The van der Waals surface area contributed by atoms with Crippen LogP contribution in [0.5, 0.6) is 0 Å². The predicted molar refractivity (Wildman–Crippen MR) is 98.9 cm³/mol. The zero-order valence-corrected chi connectivity index (χ0v) is 14.8. The zero-order valence-electron chi connectivity index (χ0n) is 13.9. The minimum Gasteiger partial charge on any atom is -0.341 e. The van der Waals surface area contributed by atoms with E-state index in [2.05, 4.69) is 10.6 Å². The van der Waals surface area contributed by atoms with Crippen molar-refractivity contribution in [2.24, 2.45) is 0 Å². The first kappa shape index (κ1) is 19.5. The zero-order chi connectivity index (χ0) is 18.8. The third-order valence-corrected chi connectivity index (χ3v) is 4.55. The molecule has 0 spiro atoms. The topological polar surface area (TPSA) is 82.0 Å². The first-order chi connectivity index (χ1) is 12.6. The Balaban J connectivity index is 1.99. The SMILES string of the molecule is N#CCNC(=O)C(CSCc1ccccc1)NC(=O)c1cccc(F)c1. The van der Waals surface area contributed by atoms with Crippen molar-refractivity contribution in [1.82, 2.24) is 10.6 Å². The molecule has 0 bridgehead atoms. The van der Waals surface area contributed by atoms with Gasteiger partial charge in [-0.25, -0.2) is 4.39 Å². The van der Waals surface area contributed by atoms with E-state index in [1.165, 1.54) is 30.0 Å². The Bertz CT molecular complexity index is 793. The normalized spacial score (nSPS) is 11.2. The smallest absolute Gasteiger partial charge is 0.252 e. The van der Waals surface area contributed by atoms with E-state index >= 15 is 0 Å². The highest BCUT2D eigenvalue weighted by Crippen LogP contribution is 2.13. The highest BCUT2D eigenvalue weighted by Gasteiger charge is 2.21. The molecule has 7 heteroatoms. The van der Waals surface area contributed by atoms with Gasteiger partial charge in [0, 0.05) is 17.1 Å². The van der Waals surface area contributed by atoms with Gasteiger partial charge in [0.05, 0.1) is 6.07 Å². The summed E-state index contributed by atoms with van der Waals surface area (Å²) < 4.78 is 13.3. The van der Waals surface area contributed by atoms with Gasteiger partial charge in [0.1, 0.15) is 18.4 Å². The number of amides is 2. The van der Waals surface area contributed by atoms with E-state index in [0.29, 0.717) is 11.5 Å². The van der Waals surface area contributed by atoms with Crippen LogP contribution in [-0.2, 0) is 10.5 Å². The van der Waals surface area contributed by atoms with E-state index in [4.69, 9.17) is 5.26 Å². The predicted octanol–water partition coefficient (Wildman–Crippen LogP) is 2.50. The van der Waals surface area contributed by atoms with Crippen LogP contribution in [0.2, 0.25) is 0 Å². The molecule has 134 valence electrons. The number of hydrogen-bond acceptors (Lipinski definition) is 4. The summed E-state index contributed by atoms with van der Waals surface area (Å²) in [4.78, 5) is 24.5. The third kappa shape index (κ3) is 6.22. The molecule has 2 aromatic rings. The van der Waals surface area contributed by atoms with E-state index < -0.39 is 23.7 Å². The fourth-order valence-electron chi connectivity index (χ4n) is 2.17. The number of nitriles is 1. The van der Waals surface area contributed by atoms with Gasteiger partial charge >= 0.3 is 0 Å². The monoisotopic (exact) mass is 371 g/mol. The van der Waals surface area contributed by atoms with Crippen molar-refractivity contribution in [2.75, 3.05) is 12.3 Å². The molecule has 2 amide bonds. The molecule has 26 heavy (non-hydrogen) atoms. The van der Waals surface area contributed by atoms with Crippen molar-refractivity contribution in [3.05, 3.63) is 71.5 Å². The van der Waals surface area contributed by atoms with E-state index in [1.807, 2.05) is 36.4 Å². The molecule has 2 aromatic carbocycles. The number of halogens is 1. The number of thioether (sulfide) groups is 1. The number of carbonyl (C=O) groups is 2. The van der Waals surface area contributed by atoms with Gasteiger partial charge in [-0.1, -0.05) is 36.4 Å². The van der Waals surface area contributed by atoms with E-state index in [1.54, 1.807) is 0 Å². The average Bonchev–Trinajstić information content (AvgIpc) is 2.66. The molecule has 0 aliphatic heterocycles. The lowest BCUT2D eigenvalue weighted by Gasteiger charge is -2.17. The summed E-state index contributed by atoms with van der Waals surface area (Å²) in [7, 11) is 0. The van der Waals surface area contributed by atoms with E-state index in [0.717, 1.165) is 11.6 Å². The van der Waals surface area contributed by atoms with Crippen LogP contribution in [0.4, 0.5) is 4.39 Å². The van der Waals surface area contributed by atoms with Crippen LogP contribution >= 0.6 is 11.8 Å². The number of nitrogens with zero attached hydrogens (tertiary/aromatic N) is 1. The number of rotatable bonds is 8. The maximum absolute atomic E-state index is 13.3. The minimum absolute atomic E-state index is 0.135. The molecule has 0 fully saturated rings. The molecule has 0 aromatic heterocycles. The Morgan fingerprint density at radius 3 is 2.62 bits per heavy atom. The number of benzene rings is 2. The van der Waals surface area contributed by atoms with Crippen molar-refractivity contribution in [1.29, 1.82) is 5.26 Å². The molecule has 0 aliphatic carbocycles. The van der Waals surface area contributed by atoms with Gasteiger partial charge in [0.15, 0.2) is 0 Å². The number of nitrogens with one attached hydrogen (secondary N) is 2. The summed E-state index contributed by atoms with van der Waals surface area (Å²) >= 11 is 1.48. The van der Waals surface area contributed by atoms with Gasteiger partial charge < -0.3 is 10.6 Å². The van der Waals surface area contributed by atoms with E-state index in [-0.39, 0.29) is 12.1 Å². The summed E-state index contributed by atoms with van der Waals surface area (Å²) in [6.07, 6.45) is 0. The van der Waals surface area contributed by atoms with Crippen molar-refractivity contribution >= 4 is 23.6 Å². The van der Waals surface area contributed by atoms with Crippen LogP contribution in [-0.4, -0.2) is 30.2 Å². The van der Waals surface area contributed by atoms with Gasteiger partial charge in [-0.05, 0) is 23.8 Å². The van der Waals surface area contributed by atoms with Crippen LogP contribution in [0.15, 0.2) is 54.6 Å². The van der Waals surface area contributed by atoms with Crippen molar-refractivity contribution in [2.45, 2.75) is 11.8 Å². The van der Waals surface area contributed by atoms with Crippen molar-refractivity contribution in [3.8, 4) is 6.07 Å². The van der Waals surface area contributed by atoms with Gasteiger partial charge in [-0.3, -0.25) is 9.59 Å². The molecule has 0 heterocycles. The fourth-order valence-corrected chi connectivity index (χ4v) is 3.19. The van der Waals surface area contributed by atoms with Gasteiger partial charge in [0.2, 0.25) is 5.91 Å². The maximum atomic E-state index is 13.3. The summed E-state index contributed by atoms with van der Waals surface area (Å²) in [6.45, 7) is -0.144. The summed E-state index contributed by atoms with van der Waals surface area (Å²) in [5.74, 6) is -0.508. The van der Waals surface area contributed by atoms with Gasteiger partial charge in [0.25, 0.3) is 5.91 Å². The lowest BCUT2D eigenvalue weighted by Crippen LogP contribution is -2.48. The number of hydrogen-bond donors (Lipinski definition) is 2. The molecule has 0 aliphatic rings. The Kier molecular flexibility index (Phi) is 7.65. The van der Waals surface area contributed by atoms with Gasteiger partial charge in [-0.2, -0.15) is 17.0 Å². The second-order valence-corrected chi connectivity index (χ2v) is 6.44. The number of carbonyl (C=O) groups excluding carboxylic acids is 2. The summed E-state index contributed by atoms with van der Waals surface area (Å²) in [6, 6.07) is 16.0. The molecule has 2 N–H and O–H groups in total. The molecule has 0 radical (unpaired) electrons. The van der Waals surface area contributed by atoms with Crippen LogP contribution in [0.25, 0.3) is 0 Å². The van der Waals surface area contributed by atoms with Crippen molar-refractivity contribution in [3.63, 3.8) is 0 Å². The molecule has 0 saturated heterocycles. The molecular weight excluding hydrogens is 353 g/mol. The largest absolute Gasteiger partial charge is 0.341 e. The Labute approximate surface area is 155 Å². The second-order valence-electron chi connectivity index (χ2n) is 5.41. The molecule has 1 atom stereocenters. The average molecular weight is 371 g/mol. The lowest BCUT2D eigenvalue weighted by molar-refractivity contribution is -0.122. The summed E-state index contributed by atoms with van der Waals surface area (Å²) in [5.41, 5.74) is 1.24. The molecular formula is C19H18FN3O2S. The molecule has 0 saturated carbocycles. The van der Waals surface area contributed by atoms with Crippen molar-refractivity contribution < 1.29 is 14.0 Å². The first-order valence-electron chi connectivity index (χ1n) is 7.93. The highest BCUT2D eigenvalue weighted by atomic mass is 32.2. The maximum Gasteiger partial charge on any atom is 0.252 e.